The van der Waals surface area contributed by atoms with Crippen LogP contribution < -0.4 is 15.2 Å². The normalized spacial score (nSPS) is 10.3. The molecule has 0 aliphatic carbocycles. The fourth-order valence-electron chi connectivity index (χ4n) is 1.48. The maximum absolute atomic E-state index is 13.2. The third-order valence-corrected chi connectivity index (χ3v) is 3.01. The van der Waals surface area contributed by atoms with Crippen molar-refractivity contribution in [3.63, 3.8) is 0 Å². The van der Waals surface area contributed by atoms with Gasteiger partial charge in [0, 0.05) is 18.2 Å². The lowest BCUT2D eigenvalue weighted by Gasteiger charge is -2.12. The molecule has 0 saturated carbocycles. The maximum Gasteiger partial charge on any atom is 0.169 e. The van der Waals surface area contributed by atoms with Gasteiger partial charge in [-0.05, 0) is 28.1 Å². The number of anilines is 1. The number of methoxy groups -OCH3 is 1. The minimum absolute atomic E-state index is 0.132. The van der Waals surface area contributed by atoms with Crippen LogP contribution in [0.3, 0.4) is 0 Å². The van der Waals surface area contributed by atoms with E-state index in [4.69, 9.17) is 15.2 Å². The first-order valence-corrected chi connectivity index (χ1v) is 6.06. The lowest BCUT2D eigenvalue weighted by molar-refractivity contribution is 0.376. The van der Waals surface area contributed by atoms with Crippen LogP contribution in [0.25, 0.3) is 0 Å². The van der Waals surface area contributed by atoms with Crippen molar-refractivity contribution in [1.29, 1.82) is 0 Å². The molecular weight excluding hydrogens is 320 g/mol. The second-order valence-electron chi connectivity index (χ2n) is 3.70. The van der Waals surface area contributed by atoms with Crippen LogP contribution in [-0.4, -0.2) is 7.11 Å². The van der Waals surface area contributed by atoms with Crippen LogP contribution in [0.2, 0.25) is 0 Å². The SMILES string of the molecule is COc1cc(F)ccc1Oc1cc(Br)c(F)cc1N. The van der Waals surface area contributed by atoms with E-state index >= 15 is 0 Å². The zero-order chi connectivity index (χ0) is 14.0. The van der Waals surface area contributed by atoms with Gasteiger partial charge in [0.2, 0.25) is 0 Å². The molecule has 0 atom stereocenters. The van der Waals surface area contributed by atoms with Gasteiger partial charge in [0.1, 0.15) is 11.6 Å². The van der Waals surface area contributed by atoms with Crippen LogP contribution in [-0.2, 0) is 0 Å². The van der Waals surface area contributed by atoms with Crippen LogP contribution in [0.5, 0.6) is 17.2 Å². The van der Waals surface area contributed by atoms with E-state index in [0.717, 1.165) is 6.07 Å². The summed E-state index contributed by atoms with van der Waals surface area (Å²) in [5.74, 6) is -0.180. The van der Waals surface area contributed by atoms with Gasteiger partial charge in [-0.25, -0.2) is 8.78 Å². The molecule has 0 aliphatic heterocycles. The summed E-state index contributed by atoms with van der Waals surface area (Å²) < 4.78 is 37.0. The van der Waals surface area contributed by atoms with Crippen LogP contribution >= 0.6 is 15.9 Å². The van der Waals surface area contributed by atoms with Crippen molar-refractivity contribution in [3.8, 4) is 17.2 Å². The Kier molecular flexibility index (Phi) is 3.90. The first-order valence-electron chi connectivity index (χ1n) is 5.27. The number of benzene rings is 2. The first kappa shape index (κ1) is 13.6. The number of hydrogen-bond donors (Lipinski definition) is 1. The summed E-state index contributed by atoms with van der Waals surface area (Å²) >= 11 is 3.04. The predicted molar refractivity (Wildman–Crippen MR) is 71.5 cm³/mol. The van der Waals surface area contributed by atoms with E-state index in [-0.39, 0.29) is 27.4 Å². The summed E-state index contributed by atoms with van der Waals surface area (Å²) in [6.07, 6.45) is 0. The quantitative estimate of drug-likeness (QED) is 0.862. The topological polar surface area (TPSA) is 44.5 Å². The summed E-state index contributed by atoms with van der Waals surface area (Å²) in [7, 11) is 1.39. The number of nitrogen functional groups attached to an aromatic ring is 1. The molecule has 0 fully saturated rings. The average molecular weight is 330 g/mol. The smallest absolute Gasteiger partial charge is 0.169 e. The van der Waals surface area contributed by atoms with E-state index in [9.17, 15) is 8.78 Å². The molecule has 0 bridgehead atoms. The van der Waals surface area contributed by atoms with Crippen LogP contribution in [0.1, 0.15) is 0 Å². The zero-order valence-electron chi connectivity index (χ0n) is 9.91. The van der Waals surface area contributed by atoms with Crippen LogP contribution in [0, 0.1) is 11.6 Å². The molecule has 0 radical (unpaired) electrons. The molecule has 0 heterocycles. The van der Waals surface area contributed by atoms with E-state index in [0.29, 0.717) is 0 Å². The number of nitrogens with two attached hydrogens (primary N) is 1. The van der Waals surface area contributed by atoms with Crippen LogP contribution in [0.4, 0.5) is 14.5 Å². The summed E-state index contributed by atoms with van der Waals surface area (Å²) in [5.41, 5.74) is 5.79. The van der Waals surface area contributed by atoms with E-state index in [1.54, 1.807) is 0 Å². The summed E-state index contributed by atoms with van der Waals surface area (Å²) in [5, 5.41) is 0. The highest BCUT2D eigenvalue weighted by molar-refractivity contribution is 9.10. The van der Waals surface area contributed by atoms with Gasteiger partial charge in [-0.1, -0.05) is 0 Å². The minimum atomic E-state index is -0.490. The molecule has 2 N–H and O–H groups in total. The Bertz CT molecular complexity index is 620. The van der Waals surface area contributed by atoms with Gasteiger partial charge < -0.3 is 15.2 Å². The molecular formula is C13H10BrF2NO2. The fourth-order valence-corrected chi connectivity index (χ4v) is 1.80. The molecule has 0 amide bonds. The molecule has 0 aromatic heterocycles. The monoisotopic (exact) mass is 329 g/mol. The second kappa shape index (κ2) is 5.44. The Morgan fingerprint density at radius 3 is 2.47 bits per heavy atom. The minimum Gasteiger partial charge on any atom is -0.493 e. The van der Waals surface area contributed by atoms with E-state index in [1.165, 1.54) is 31.4 Å². The molecule has 0 aliphatic rings. The molecule has 2 aromatic rings. The molecule has 0 spiro atoms. The van der Waals surface area contributed by atoms with Crippen molar-refractivity contribution < 1.29 is 18.3 Å². The third-order valence-electron chi connectivity index (χ3n) is 2.40. The maximum atomic E-state index is 13.2. The Morgan fingerprint density at radius 2 is 1.79 bits per heavy atom. The van der Waals surface area contributed by atoms with Crippen LogP contribution in [0.15, 0.2) is 34.8 Å². The van der Waals surface area contributed by atoms with Crippen molar-refractivity contribution in [2.45, 2.75) is 0 Å². The van der Waals surface area contributed by atoms with Gasteiger partial charge in [-0.3, -0.25) is 0 Å². The Morgan fingerprint density at radius 1 is 1.05 bits per heavy atom. The highest BCUT2D eigenvalue weighted by Gasteiger charge is 2.11. The zero-order valence-corrected chi connectivity index (χ0v) is 11.5. The van der Waals surface area contributed by atoms with E-state index < -0.39 is 11.6 Å². The standard InChI is InChI=1S/C13H10BrF2NO2/c1-18-13-4-7(15)2-3-11(13)19-12-5-8(14)9(16)6-10(12)17/h2-6H,17H2,1H3. The molecule has 0 saturated heterocycles. The summed E-state index contributed by atoms with van der Waals surface area (Å²) in [6.45, 7) is 0. The van der Waals surface area contributed by atoms with Crippen molar-refractivity contribution in [1.82, 2.24) is 0 Å². The van der Waals surface area contributed by atoms with Crippen molar-refractivity contribution >= 4 is 21.6 Å². The van der Waals surface area contributed by atoms with Gasteiger partial charge in [0.05, 0.1) is 17.3 Å². The highest BCUT2D eigenvalue weighted by Crippen LogP contribution is 2.36. The lowest BCUT2D eigenvalue weighted by atomic mass is 10.2. The Balaban J connectivity index is 2.39. The number of hydrogen-bond acceptors (Lipinski definition) is 3. The molecule has 3 nitrogen and oxygen atoms in total. The van der Waals surface area contributed by atoms with Gasteiger partial charge in [0.15, 0.2) is 17.2 Å². The fraction of sp³-hybridized carbons (Fsp3) is 0.0769. The largest absolute Gasteiger partial charge is 0.493 e. The summed E-state index contributed by atoms with van der Waals surface area (Å²) in [4.78, 5) is 0. The van der Waals surface area contributed by atoms with Gasteiger partial charge in [-0.2, -0.15) is 0 Å². The molecule has 0 unspecified atom stereocenters. The van der Waals surface area contributed by atoms with E-state index in [1.807, 2.05) is 0 Å². The molecule has 6 heteroatoms. The van der Waals surface area contributed by atoms with E-state index in [2.05, 4.69) is 15.9 Å². The van der Waals surface area contributed by atoms with Gasteiger partial charge in [0.25, 0.3) is 0 Å². The number of ether oxygens (including phenoxy) is 2. The van der Waals surface area contributed by atoms with Crippen molar-refractivity contribution in [3.05, 3.63) is 46.4 Å². The number of rotatable bonds is 3. The lowest BCUT2D eigenvalue weighted by Crippen LogP contribution is -1.96. The predicted octanol–water partition coefficient (Wildman–Crippen LogP) is 4.11. The van der Waals surface area contributed by atoms with Gasteiger partial charge in [-0.15, -0.1) is 0 Å². The Labute approximate surface area is 117 Å². The first-order chi connectivity index (χ1) is 9.01. The average Bonchev–Trinajstić information content (AvgIpc) is 2.37. The molecule has 100 valence electrons. The highest BCUT2D eigenvalue weighted by atomic mass is 79.9. The summed E-state index contributed by atoms with van der Waals surface area (Å²) in [6, 6.07) is 6.35. The van der Waals surface area contributed by atoms with Crippen molar-refractivity contribution in [2.75, 3.05) is 12.8 Å². The molecule has 19 heavy (non-hydrogen) atoms. The second-order valence-corrected chi connectivity index (χ2v) is 4.56. The molecule has 2 rings (SSSR count). The third kappa shape index (κ3) is 2.96. The molecule has 2 aromatic carbocycles. The Hall–Kier alpha value is -1.82. The number of halogens is 3. The van der Waals surface area contributed by atoms with Crippen molar-refractivity contribution in [2.24, 2.45) is 0 Å². The van der Waals surface area contributed by atoms with Gasteiger partial charge >= 0.3 is 0 Å².